The van der Waals surface area contributed by atoms with Gasteiger partial charge in [-0.05, 0) is 18.2 Å². The molecular weight excluding hydrogens is 341 g/mol. The smallest absolute Gasteiger partial charge is 0.262 e. The number of ether oxygens (including phenoxy) is 3. The van der Waals surface area contributed by atoms with Crippen LogP contribution >= 0.6 is 23.2 Å². The Morgan fingerprint density at radius 1 is 1.09 bits per heavy atom. The number of carbonyl (C=O) groups is 1. The van der Waals surface area contributed by atoms with E-state index in [0.29, 0.717) is 33.0 Å². The first-order valence-electron chi connectivity index (χ1n) is 6.63. The van der Waals surface area contributed by atoms with Crippen molar-refractivity contribution < 1.29 is 19.0 Å². The molecule has 0 spiro atoms. The summed E-state index contributed by atoms with van der Waals surface area (Å²) in [4.78, 5) is 12.0. The van der Waals surface area contributed by atoms with Crippen molar-refractivity contribution in [1.29, 1.82) is 0 Å². The van der Waals surface area contributed by atoms with Crippen LogP contribution in [0, 0.1) is 0 Å². The lowest BCUT2D eigenvalue weighted by molar-refractivity contribution is -0.118. The molecule has 0 bridgehead atoms. The van der Waals surface area contributed by atoms with Crippen molar-refractivity contribution in [3.8, 4) is 17.2 Å². The summed E-state index contributed by atoms with van der Waals surface area (Å²) in [6.45, 7) is -0.172. The number of hydrogen-bond donors (Lipinski definition) is 1. The van der Waals surface area contributed by atoms with Gasteiger partial charge < -0.3 is 19.5 Å². The number of hydrogen-bond acceptors (Lipinski definition) is 4. The molecule has 0 aliphatic rings. The van der Waals surface area contributed by atoms with Crippen LogP contribution in [0.3, 0.4) is 0 Å². The van der Waals surface area contributed by atoms with Crippen molar-refractivity contribution in [2.24, 2.45) is 0 Å². The molecule has 23 heavy (non-hydrogen) atoms. The maximum Gasteiger partial charge on any atom is 0.262 e. The zero-order valence-electron chi connectivity index (χ0n) is 12.6. The Morgan fingerprint density at radius 3 is 2.48 bits per heavy atom. The fourth-order valence-electron chi connectivity index (χ4n) is 1.85. The van der Waals surface area contributed by atoms with E-state index >= 15 is 0 Å². The summed E-state index contributed by atoms with van der Waals surface area (Å²) in [6.07, 6.45) is 0. The van der Waals surface area contributed by atoms with Gasteiger partial charge in [0.05, 0.1) is 24.9 Å². The zero-order chi connectivity index (χ0) is 16.8. The van der Waals surface area contributed by atoms with Crippen LogP contribution in [-0.2, 0) is 4.79 Å². The number of nitrogens with one attached hydrogen (secondary N) is 1. The lowest BCUT2D eigenvalue weighted by Crippen LogP contribution is -2.20. The third-order valence-electron chi connectivity index (χ3n) is 2.91. The zero-order valence-corrected chi connectivity index (χ0v) is 14.1. The quantitative estimate of drug-likeness (QED) is 0.849. The fourth-order valence-corrected chi connectivity index (χ4v) is 2.26. The van der Waals surface area contributed by atoms with Crippen molar-refractivity contribution >= 4 is 34.8 Å². The van der Waals surface area contributed by atoms with Crippen LogP contribution in [0.5, 0.6) is 17.2 Å². The molecule has 1 N–H and O–H groups in total. The Morgan fingerprint density at radius 2 is 1.83 bits per heavy atom. The van der Waals surface area contributed by atoms with E-state index in [0.717, 1.165) is 0 Å². The van der Waals surface area contributed by atoms with E-state index < -0.39 is 0 Å². The average molecular weight is 356 g/mol. The van der Waals surface area contributed by atoms with Gasteiger partial charge in [0.25, 0.3) is 5.91 Å². The molecule has 7 heteroatoms. The van der Waals surface area contributed by atoms with Gasteiger partial charge in [-0.2, -0.15) is 0 Å². The molecule has 0 aliphatic heterocycles. The Kier molecular flexibility index (Phi) is 5.96. The first-order valence-corrected chi connectivity index (χ1v) is 7.39. The highest BCUT2D eigenvalue weighted by Gasteiger charge is 2.13. The summed E-state index contributed by atoms with van der Waals surface area (Å²) in [5, 5.41) is 3.61. The molecule has 0 fully saturated rings. The molecule has 2 rings (SSSR count). The normalized spacial score (nSPS) is 10.1. The lowest BCUT2D eigenvalue weighted by Gasteiger charge is -2.13. The van der Waals surface area contributed by atoms with Crippen molar-refractivity contribution in [1.82, 2.24) is 0 Å². The molecule has 0 atom stereocenters. The SMILES string of the molecule is COc1cc(NC(=O)COc2cccc(Cl)c2)c(OC)cc1Cl. The first kappa shape index (κ1) is 17.2. The second kappa shape index (κ2) is 7.94. The molecule has 2 aromatic rings. The number of methoxy groups -OCH3 is 2. The van der Waals surface area contributed by atoms with Crippen LogP contribution in [0.4, 0.5) is 5.69 Å². The van der Waals surface area contributed by atoms with Crippen LogP contribution in [-0.4, -0.2) is 26.7 Å². The first-order chi connectivity index (χ1) is 11.0. The van der Waals surface area contributed by atoms with E-state index in [1.165, 1.54) is 14.2 Å². The predicted octanol–water partition coefficient (Wildman–Crippen LogP) is 4.03. The van der Waals surface area contributed by atoms with E-state index in [2.05, 4.69) is 5.32 Å². The summed E-state index contributed by atoms with van der Waals surface area (Å²) >= 11 is 11.9. The second-order valence-corrected chi connectivity index (χ2v) is 5.32. The molecular formula is C16H15Cl2NO4. The Bertz CT molecular complexity index is 706. The van der Waals surface area contributed by atoms with Gasteiger partial charge >= 0.3 is 0 Å². The van der Waals surface area contributed by atoms with Crippen LogP contribution in [0.2, 0.25) is 10.0 Å². The summed E-state index contributed by atoms with van der Waals surface area (Å²) in [7, 11) is 2.97. The molecule has 5 nitrogen and oxygen atoms in total. The third-order valence-corrected chi connectivity index (χ3v) is 3.44. The van der Waals surface area contributed by atoms with Crippen molar-refractivity contribution in [2.45, 2.75) is 0 Å². The third kappa shape index (κ3) is 4.68. The number of rotatable bonds is 6. The van der Waals surface area contributed by atoms with Gasteiger partial charge in [-0.1, -0.05) is 29.3 Å². The van der Waals surface area contributed by atoms with Crippen LogP contribution in [0.15, 0.2) is 36.4 Å². The van der Waals surface area contributed by atoms with Gasteiger partial charge in [0, 0.05) is 17.2 Å². The van der Waals surface area contributed by atoms with Gasteiger partial charge in [-0.25, -0.2) is 0 Å². The number of benzene rings is 2. The van der Waals surface area contributed by atoms with Gasteiger partial charge in [0.1, 0.15) is 17.2 Å². The maximum atomic E-state index is 12.0. The monoisotopic (exact) mass is 355 g/mol. The Labute approximate surface area is 144 Å². The van der Waals surface area contributed by atoms with Gasteiger partial charge in [0.15, 0.2) is 6.61 Å². The van der Waals surface area contributed by atoms with Crippen molar-refractivity contribution in [3.63, 3.8) is 0 Å². The lowest BCUT2D eigenvalue weighted by atomic mass is 10.2. The topological polar surface area (TPSA) is 56.8 Å². The van der Waals surface area contributed by atoms with Crippen LogP contribution in [0.25, 0.3) is 0 Å². The van der Waals surface area contributed by atoms with Gasteiger partial charge in [-0.15, -0.1) is 0 Å². The van der Waals surface area contributed by atoms with E-state index in [1.807, 2.05) is 0 Å². The van der Waals surface area contributed by atoms with Crippen LogP contribution < -0.4 is 19.5 Å². The standard InChI is InChI=1S/C16H15Cl2NO4/c1-21-14-8-13(15(22-2)7-12(14)18)19-16(20)9-23-11-5-3-4-10(17)6-11/h3-8H,9H2,1-2H3,(H,19,20). The van der Waals surface area contributed by atoms with Crippen molar-refractivity contribution in [3.05, 3.63) is 46.4 Å². The minimum absolute atomic E-state index is 0.172. The molecule has 1 amide bonds. The highest BCUT2D eigenvalue weighted by Crippen LogP contribution is 2.35. The summed E-state index contributed by atoms with van der Waals surface area (Å²) in [5.41, 5.74) is 0.438. The molecule has 0 saturated heterocycles. The van der Waals surface area contributed by atoms with Gasteiger partial charge in [-0.3, -0.25) is 4.79 Å². The van der Waals surface area contributed by atoms with Gasteiger partial charge in [0.2, 0.25) is 0 Å². The fraction of sp³-hybridized carbons (Fsp3) is 0.188. The predicted molar refractivity (Wildman–Crippen MR) is 90.1 cm³/mol. The van der Waals surface area contributed by atoms with Crippen molar-refractivity contribution in [2.75, 3.05) is 26.1 Å². The maximum absolute atomic E-state index is 12.0. The molecule has 0 radical (unpaired) electrons. The molecule has 0 aliphatic carbocycles. The number of anilines is 1. The average Bonchev–Trinajstić information content (AvgIpc) is 2.54. The van der Waals surface area contributed by atoms with Crippen LogP contribution in [0.1, 0.15) is 0 Å². The molecule has 0 aromatic heterocycles. The largest absolute Gasteiger partial charge is 0.495 e. The molecule has 0 heterocycles. The summed E-state index contributed by atoms with van der Waals surface area (Å²) in [5.74, 6) is 1.01. The Balaban J connectivity index is 2.05. The van der Waals surface area contributed by atoms with E-state index in [-0.39, 0.29) is 12.5 Å². The highest BCUT2D eigenvalue weighted by molar-refractivity contribution is 6.32. The summed E-state index contributed by atoms with van der Waals surface area (Å²) in [6, 6.07) is 9.94. The highest BCUT2D eigenvalue weighted by atomic mass is 35.5. The van der Waals surface area contributed by atoms with E-state index in [1.54, 1.807) is 36.4 Å². The summed E-state index contributed by atoms with van der Waals surface area (Å²) < 4.78 is 15.7. The molecule has 122 valence electrons. The second-order valence-electron chi connectivity index (χ2n) is 4.48. The number of carbonyl (C=O) groups excluding carboxylic acids is 1. The molecule has 0 saturated carbocycles. The minimum Gasteiger partial charge on any atom is -0.495 e. The van der Waals surface area contributed by atoms with E-state index in [4.69, 9.17) is 37.4 Å². The number of amides is 1. The molecule has 0 unspecified atom stereocenters. The minimum atomic E-state index is -0.354. The molecule has 2 aromatic carbocycles. The Hall–Kier alpha value is -2.11. The number of halogens is 2. The van der Waals surface area contributed by atoms with E-state index in [9.17, 15) is 4.79 Å².